The summed E-state index contributed by atoms with van der Waals surface area (Å²) in [5.74, 6) is 0.640. The van der Waals surface area contributed by atoms with Crippen LogP contribution in [0.3, 0.4) is 0 Å². The van der Waals surface area contributed by atoms with Crippen LogP contribution in [0.25, 0.3) is 0 Å². The number of rotatable bonds is 15. The maximum Gasteiger partial charge on any atom is 0.0681 e. The summed E-state index contributed by atoms with van der Waals surface area (Å²) in [6.07, 6.45) is 18.3. The molecule has 0 aromatic heterocycles. The molecule has 0 amide bonds. The number of aliphatic hydroxyl groups excluding tert-OH is 1. The largest absolute Gasteiger partial charge is 0.392 e. The summed E-state index contributed by atoms with van der Waals surface area (Å²) in [5.41, 5.74) is 2.42. The van der Waals surface area contributed by atoms with E-state index in [1.54, 1.807) is 0 Å². The highest BCUT2D eigenvalue weighted by Gasteiger charge is 2.05. The number of unbranched alkanes of at least 4 members (excludes halogenated alkanes) is 11. The van der Waals surface area contributed by atoms with Crippen LogP contribution in [0.4, 0.5) is 0 Å². The van der Waals surface area contributed by atoms with Crippen molar-refractivity contribution in [3.05, 3.63) is 35.4 Å². The van der Waals surface area contributed by atoms with Gasteiger partial charge in [-0.15, -0.1) is 0 Å². The molecule has 0 fully saturated rings. The monoisotopic (exact) mass is 332 g/mol. The van der Waals surface area contributed by atoms with Crippen molar-refractivity contribution in [1.82, 2.24) is 0 Å². The molecular weight excluding hydrogens is 292 g/mol. The lowest BCUT2D eigenvalue weighted by Gasteiger charge is -2.12. The number of hydrogen-bond donors (Lipinski definition) is 1. The highest BCUT2D eigenvalue weighted by atomic mass is 16.3. The zero-order valence-corrected chi connectivity index (χ0v) is 16.2. The van der Waals surface area contributed by atoms with Crippen molar-refractivity contribution >= 4 is 0 Å². The normalized spacial score (nSPS) is 12.5. The topological polar surface area (TPSA) is 20.2 Å². The summed E-state index contributed by atoms with van der Waals surface area (Å²) >= 11 is 0. The molecule has 0 radical (unpaired) electrons. The molecule has 1 nitrogen and oxygen atoms in total. The zero-order valence-electron chi connectivity index (χ0n) is 16.2. The number of aliphatic hydroxyl groups is 1. The zero-order chi connectivity index (χ0) is 17.5. The van der Waals surface area contributed by atoms with Crippen LogP contribution in [0.5, 0.6) is 0 Å². The second-order valence-electron chi connectivity index (χ2n) is 7.48. The fraction of sp³-hybridized carbons (Fsp3) is 0.739. The first kappa shape index (κ1) is 21.2. The van der Waals surface area contributed by atoms with Crippen LogP contribution in [0, 0.1) is 0 Å². The third-order valence-electron chi connectivity index (χ3n) is 5.22. The van der Waals surface area contributed by atoms with Gasteiger partial charge in [-0.25, -0.2) is 0 Å². The third-order valence-corrected chi connectivity index (χ3v) is 5.22. The summed E-state index contributed by atoms with van der Waals surface area (Å²) in [6, 6.07) is 8.45. The van der Waals surface area contributed by atoms with Crippen LogP contribution in [0.15, 0.2) is 24.3 Å². The molecule has 1 N–H and O–H groups in total. The van der Waals surface area contributed by atoms with E-state index in [2.05, 4.69) is 26.0 Å². The van der Waals surface area contributed by atoms with E-state index in [0.717, 1.165) is 5.56 Å². The van der Waals surface area contributed by atoms with Gasteiger partial charge < -0.3 is 5.11 Å². The highest BCUT2D eigenvalue weighted by Crippen LogP contribution is 2.23. The van der Waals surface area contributed by atoms with E-state index in [4.69, 9.17) is 5.11 Å². The van der Waals surface area contributed by atoms with E-state index >= 15 is 0 Å². The lowest BCUT2D eigenvalue weighted by Crippen LogP contribution is -1.94. The van der Waals surface area contributed by atoms with E-state index in [0.29, 0.717) is 5.92 Å². The summed E-state index contributed by atoms with van der Waals surface area (Å²) in [4.78, 5) is 0. The molecule has 0 aliphatic carbocycles. The summed E-state index contributed by atoms with van der Waals surface area (Å²) in [7, 11) is 0. The quantitative estimate of drug-likeness (QED) is 0.332. The third kappa shape index (κ3) is 10.1. The summed E-state index contributed by atoms with van der Waals surface area (Å²) in [6.45, 7) is 4.76. The highest BCUT2D eigenvalue weighted by molar-refractivity contribution is 5.24. The van der Waals surface area contributed by atoms with Crippen LogP contribution in [0.2, 0.25) is 0 Å². The van der Waals surface area contributed by atoms with Crippen LogP contribution in [-0.4, -0.2) is 5.11 Å². The first-order chi connectivity index (χ1) is 11.8. The van der Waals surface area contributed by atoms with Crippen LogP contribution < -0.4 is 0 Å². The van der Waals surface area contributed by atoms with Crippen molar-refractivity contribution in [3.8, 4) is 0 Å². The second-order valence-corrected chi connectivity index (χ2v) is 7.48. The Balaban J connectivity index is 1.92. The van der Waals surface area contributed by atoms with Crippen molar-refractivity contribution in [2.24, 2.45) is 0 Å². The molecule has 0 aliphatic rings. The molecule has 1 heteroatoms. The first-order valence-corrected chi connectivity index (χ1v) is 10.5. The molecule has 1 atom stereocenters. The number of hydrogen-bond acceptors (Lipinski definition) is 1. The van der Waals surface area contributed by atoms with Gasteiger partial charge in [-0.1, -0.05) is 115 Å². The molecule has 0 aliphatic heterocycles. The lowest BCUT2D eigenvalue weighted by molar-refractivity contribution is 0.282. The number of benzene rings is 1. The fourth-order valence-electron chi connectivity index (χ4n) is 3.41. The van der Waals surface area contributed by atoms with Gasteiger partial charge >= 0.3 is 0 Å². The van der Waals surface area contributed by atoms with Gasteiger partial charge in [0.25, 0.3) is 0 Å². The molecule has 24 heavy (non-hydrogen) atoms. The molecule has 0 bridgehead atoms. The lowest BCUT2D eigenvalue weighted by atomic mass is 9.94. The molecular formula is C23H40O. The van der Waals surface area contributed by atoms with Crippen molar-refractivity contribution in [3.63, 3.8) is 0 Å². The van der Waals surface area contributed by atoms with Gasteiger partial charge in [-0.3, -0.25) is 0 Å². The molecule has 138 valence electrons. The Hall–Kier alpha value is -0.820. The van der Waals surface area contributed by atoms with Crippen molar-refractivity contribution in [2.75, 3.05) is 0 Å². The molecule has 1 aromatic carbocycles. The Morgan fingerprint density at radius 2 is 1.17 bits per heavy atom. The van der Waals surface area contributed by atoms with E-state index in [1.165, 1.54) is 89.0 Å². The maximum absolute atomic E-state index is 9.09. The Kier molecular flexibility index (Phi) is 12.8. The van der Waals surface area contributed by atoms with Gasteiger partial charge in [-0.2, -0.15) is 0 Å². The Bertz CT molecular complexity index is 382. The summed E-state index contributed by atoms with van der Waals surface area (Å²) < 4.78 is 0. The van der Waals surface area contributed by atoms with Gasteiger partial charge in [0.15, 0.2) is 0 Å². The predicted octanol–water partition coefficient (Wildman–Crippen LogP) is 7.37. The fourth-order valence-corrected chi connectivity index (χ4v) is 3.41. The maximum atomic E-state index is 9.09. The molecule has 0 saturated carbocycles. The predicted molar refractivity (Wildman–Crippen MR) is 106 cm³/mol. The van der Waals surface area contributed by atoms with Crippen molar-refractivity contribution < 1.29 is 5.11 Å². The minimum Gasteiger partial charge on any atom is -0.392 e. The van der Waals surface area contributed by atoms with Gasteiger partial charge in [0.1, 0.15) is 0 Å². The van der Waals surface area contributed by atoms with Crippen LogP contribution in [-0.2, 0) is 6.61 Å². The van der Waals surface area contributed by atoms with E-state index in [-0.39, 0.29) is 6.61 Å². The van der Waals surface area contributed by atoms with Crippen LogP contribution in [0.1, 0.15) is 114 Å². The summed E-state index contributed by atoms with van der Waals surface area (Å²) in [5, 5.41) is 9.09. The Morgan fingerprint density at radius 1 is 0.708 bits per heavy atom. The van der Waals surface area contributed by atoms with E-state index in [9.17, 15) is 0 Å². The molecule has 0 saturated heterocycles. The van der Waals surface area contributed by atoms with Crippen molar-refractivity contribution in [2.45, 2.75) is 110 Å². The average Bonchev–Trinajstić information content (AvgIpc) is 2.62. The van der Waals surface area contributed by atoms with Gasteiger partial charge in [0.2, 0.25) is 0 Å². The second kappa shape index (κ2) is 14.5. The van der Waals surface area contributed by atoms with Gasteiger partial charge in [0, 0.05) is 0 Å². The standard InChI is InChI=1S/C23H40O/c1-3-4-5-6-7-8-9-10-11-12-13-14-15-21(2)23-18-16-22(20-24)17-19-23/h16-19,21,24H,3-15,20H2,1-2H3. The van der Waals surface area contributed by atoms with Crippen LogP contribution >= 0.6 is 0 Å². The van der Waals surface area contributed by atoms with E-state index < -0.39 is 0 Å². The SMILES string of the molecule is CCCCCCCCCCCCCCC(C)c1ccc(CO)cc1. The first-order valence-electron chi connectivity index (χ1n) is 10.5. The molecule has 0 spiro atoms. The van der Waals surface area contributed by atoms with Gasteiger partial charge in [-0.05, 0) is 23.5 Å². The van der Waals surface area contributed by atoms with Gasteiger partial charge in [0.05, 0.1) is 6.61 Å². The minimum atomic E-state index is 0.146. The smallest absolute Gasteiger partial charge is 0.0681 e. The Labute approximate surface area is 150 Å². The molecule has 1 aromatic rings. The van der Waals surface area contributed by atoms with E-state index in [1.807, 2.05) is 12.1 Å². The average molecular weight is 333 g/mol. The molecule has 0 heterocycles. The van der Waals surface area contributed by atoms with Crippen molar-refractivity contribution in [1.29, 1.82) is 0 Å². The minimum absolute atomic E-state index is 0.146. The molecule has 1 unspecified atom stereocenters. The Morgan fingerprint density at radius 3 is 1.62 bits per heavy atom. The molecule has 1 rings (SSSR count).